The Morgan fingerprint density at radius 3 is 2.23 bits per heavy atom. The van der Waals surface area contributed by atoms with Gasteiger partial charge in [0.05, 0.1) is 5.56 Å². The van der Waals surface area contributed by atoms with Gasteiger partial charge in [0.25, 0.3) is 0 Å². The predicted molar refractivity (Wildman–Crippen MR) is 110 cm³/mol. The second-order valence-electron chi connectivity index (χ2n) is 9.73. The average molecular weight is 438 g/mol. The van der Waals surface area contributed by atoms with Crippen molar-refractivity contribution in [3.63, 3.8) is 0 Å². The van der Waals surface area contributed by atoms with Crippen LogP contribution in [0.1, 0.15) is 56.1 Å². The summed E-state index contributed by atoms with van der Waals surface area (Å²) in [4.78, 5) is 26.1. The van der Waals surface area contributed by atoms with Gasteiger partial charge in [0.1, 0.15) is 0 Å². The lowest BCUT2D eigenvalue weighted by Gasteiger charge is -2.56. The number of benzene rings is 1. The number of nitrogens with one attached hydrogen (secondary N) is 2. The molecule has 0 spiro atoms. The van der Waals surface area contributed by atoms with Crippen molar-refractivity contribution in [3.05, 3.63) is 35.4 Å². The van der Waals surface area contributed by atoms with E-state index >= 15 is 0 Å². The van der Waals surface area contributed by atoms with Crippen LogP contribution < -0.4 is 10.6 Å². The largest absolute Gasteiger partial charge is 0.416 e. The van der Waals surface area contributed by atoms with Gasteiger partial charge in [-0.3, -0.25) is 4.79 Å². The highest BCUT2D eigenvalue weighted by atomic mass is 19.4. The molecule has 5 nitrogen and oxygen atoms in total. The second-order valence-corrected chi connectivity index (χ2v) is 9.73. The first-order valence-corrected chi connectivity index (χ1v) is 11.1. The van der Waals surface area contributed by atoms with E-state index < -0.39 is 11.7 Å². The molecule has 31 heavy (non-hydrogen) atoms. The minimum atomic E-state index is -4.46. The van der Waals surface area contributed by atoms with Crippen LogP contribution in [-0.4, -0.2) is 36.0 Å². The number of halogens is 3. The van der Waals surface area contributed by atoms with E-state index in [1.807, 2.05) is 0 Å². The van der Waals surface area contributed by atoms with E-state index in [2.05, 4.69) is 10.6 Å². The van der Waals surface area contributed by atoms with Crippen molar-refractivity contribution in [2.75, 3.05) is 13.6 Å². The molecule has 2 N–H and O–H groups in total. The fraction of sp³-hybridized carbons (Fsp3) is 0.652. The van der Waals surface area contributed by atoms with Crippen LogP contribution in [0.2, 0.25) is 0 Å². The summed E-state index contributed by atoms with van der Waals surface area (Å²) in [7, 11) is 1.48. The van der Waals surface area contributed by atoms with Crippen LogP contribution in [0.4, 0.5) is 18.0 Å². The zero-order valence-electron chi connectivity index (χ0n) is 17.8. The Bertz CT molecular complexity index is 804. The van der Waals surface area contributed by atoms with Crippen LogP contribution in [0.3, 0.4) is 0 Å². The van der Waals surface area contributed by atoms with Crippen molar-refractivity contribution in [1.29, 1.82) is 0 Å². The van der Waals surface area contributed by atoms with Crippen LogP contribution in [0, 0.1) is 17.8 Å². The van der Waals surface area contributed by atoms with E-state index in [1.165, 1.54) is 49.4 Å². The van der Waals surface area contributed by atoms with Gasteiger partial charge in [-0.25, -0.2) is 4.79 Å². The van der Waals surface area contributed by atoms with Gasteiger partial charge in [0.15, 0.2) is 0 Å². The molecule has 8 heteroatoms. The van der Waals surface area contributed by atoms with Gasteiger partial charge in [0, 0.05) is 32.1 Å². The molecule has 0 saturated heterocycles. The number of carbonyl (C=O) groups excluding carboxylic acids is 2. The molecule has 170 valence electrons. The lowest BCUT2D eigenvalue weighted by molar-refractivity contribution is -0.139. The smallest absolute Gasteiger partial charge is 0.341 e. The van der Waals surface area contributed by atoms with Crippen LogP contribution in [0.5, 0.6) is 0 Å². The lowest BCUT2D eigenvalue weighted by Crippen LogP contribution is -2.61. The molecule has 4 saturated carbocycles. The van der Waals surface area contributed by atoms with E-state index in [0.29, 0.717) is 0 Å². The zero-order chi connectivity index (χ0) is 22.2. The molecule has 4 fully saturated rings. The summed E-state index contributed by atoms with van der Waals surface area (Å²) in [5.74, 6) is 1.86. The number of nitrogens with zero attached hydrogens (tertiary/aromatic N) is 1. The van der Waals surface area contributed by atoms with Gasteiger partial charge >= 0.3 is 12.2 Å². The van der Waals surface area contributed by atoms with Gasteiger partial charge < -0.3 is 15.5 Å². The van der Waals surface area contributed by atoms with Crippen molar-refractivity contribution >= 4 is 11.9 Å². The molecule has 4 aliphatic rings. The molecule has 3 amide bonds. The third-order valence-corrected chi connectivity index (χ3v) is 7.20. The molecule has 5 rings (SSSR count). The standard InChI is InChI=1S/C23H30F3N3O2/c1-29(14-18-4-2-3-5-19(18)23(24,25)26)20(30)6-7-27-21(31)28-22-11-15-8-16(12-22)10-17(9-15)13-22/h2-5,15-17H,6-14H2,1H3,(H2,27,28,31). The van der Waals surface area contributed by atoms with Gasteiger partial charge in [0.2, 0.25) is 5.91 Å². The van der Waals surface area contributed by atoms with E-state index in [0.717, 1.165) is 43.1 Å². The summed E-state index contributed by atoms with van der Waals surface area (Å²) in [6, 6.07) is 5.01. The summed E-state index contributed by atoms with van der Waals surface area (Å²) in [6.07, 6.45) is 2.60. The van der Waals surface area contributed by atoms with Crippen LogP contribution in [0.15, 0.2) is 24.3 Å². The maximum absolute atomic E-state index is 13.1. The Morgan fingerprint density at radius 2 is 1.65 bits per heavy atom. The molecular weight excluding hydrogens is 407 g/mol. The Kier molecular flexibility index (Phi) is 5.92. The van der Waals surface area contributed by atoms with E-state index in [-0.39, 0.29) is 42.6 Å². The molecule has 4 bridgehead atoms. The Balaban J connectivity index is 1.24. The number of carbonyl (C=O) groups is 2. The predicted octanol–water partition coefficient (Wildman–Crippen LogP) is 4.32. The number of amides is 3. The molecule has 1 aromatic rings. The van der Waals surface area contributed by atoms with Gasteiger partial charge in [-0.15, -0.1) is 0 Å². The summed E-state index contributed by atoms with van der Waals surface area (Å²) in [5.41, 5.74) is -0.776. The minimum absolute atomic E-state index is 0.0407. The molecule has 0 aliphatic heterocycles. The van der Waals surface area contributed by atoms with Crippen LogP contribution >= 0.6 is 0 Å². The second kappa shape index (κ2) is 8.36. The van der Waals surface area contributed by atoms with Crippen molar-refractivity contribution in [2.24, 2.45) is 17.8 Å². The Morgan fingerprint density at radius 1 is 1.06 bits per heavy atom. The molecule has 0 unspecified atom stereocenters. The summed E-state index contributed by atoms with van der Waals surface area (Å²) in [5, 5.41) is 5.96. The maximum atomic E-state index is 13.1. The lowest BCUT2D eigenvalue weighted by atomic mass is 9.53. The van der Waals surface area contributed by atoms with Crippen LogP contribution in [0.25, 0.3) is 0 Å². The van der Waals surface area contributed by atoms with Gasteiger partial charge in [-0.05, 0) is 67.9 Å². The fourth-order valence-corrected chi connectivity index (χ4v) is 6.30. The molecule has 0 radical (unpaired) electrons. The first kappa shape index (κ1) is 22.0. The maximum Gasteiger partial charge on any atom is 0.416 e. The van der Waals surface area contributed by atoms with Gasteiger partial charge in [-0.1, -0.05) is 18.2 Å². The normalized spacial score (nSPS) is 29.0. The summed E-state index contributed by atoms with van der Waals surface area (Å²) < 4.78 is 39.4. The quantitative estimate of drug-likeness (QED) is 0.696. The molecule has 0 heterocycles. The monoisotopic (exact) mass is 437 g/mol. The topological polar surface area (TPSA) is 61.4 Å². The van der Waals surface area contributed by atoms with Crippen molar-refractivity contribution in [3.8, 4) is 0 Å². The highest BCUT2D eigenvalue weighted by Crippen LogP contribution is 2.55. The number of urea groups is 1. The minimum Gasteiger partial charge on any atom is -0.341 e. The number of alkyl halides is 3. The van der Waals surface area contributed by atoms with Crippen molar-refractivity contribution < 1.29 is 22.8 Å². The Hall–Kier alpha value is -2.25. The molecule has 0 atom stereocenters. The molecule has 4 aliphatic carbocycles. The molecular formula is C23H30F3N3O2. The molecule has 0 aromatic heterocycles. The third kappa shape index (κ3) is 4.99. The average Bonchev–Trinajstić information content (AvgIpc) is 2.66. The third-order valence-electron chi connectivity index (χ3n) is 7.20. The van der Waals surface area contributed by atoms with Crippen LogP contribution in [-0.2, 0) is 17.5 Å². The van der Waals surface area contributed by atoms with E-state index in [4.69, 9.17) is 0 Å². The van der Waals surface area contributed by atoms with Crippen molar-refractivity contribution in [2.45, 2.75) is 63.2 Å². The summed E-state index contributed by atoms with van der Waals surface area (Å²) >= 11 is 0. The van der Waals surface area contributed by atoms with Gasteiger partial charge in [-0.2, -0.15) is 13.2 Å². The number of rotatable bonds is 6. The summed E-state index contributed by atoms with van der Waals surface area (Å²) in [6.45, 7) is 0.0241. The number of hydrogen-bond donors (Lipinski definition) is 2. The first-order chi connectivity index (χ1) is 14.6. The highest BCUT2D eigenvalue weighted by molar-refractivity contribution is 5.78. The van der Waals surface area contributed by atoms with E-state index in [9.17, 15) is 22.8 Å². The van der Waals surface area contributed by atoms with Crippen molar-refractivity contribution in [1.82, 2.24) is 15.5 Å². The fourth-order valence-electron chi connectivity index (χ4n) is 6.30. The zero-order valence-corrected chi connectivity index (χ0v) is 17.8. The van der Waals surface area contributed by atoms with E-state index in [1.54, 1.807) is 0 Å². The molecule has 1 aromatic carbocycles. The highest BCUT2D eigenvalue weighted by Gasteiger charge is 2.51. The number of hydrogen-bond acceptors (Lipinski definition) is 2. The Labute approximate surface area is 180 Å². The first-order valence-electron chi connectivity index (χ1n) is 11.1. The SMILES string of the molecule is CN(Cc1ccccc1C(F)(F)F)C(=O)CCNC(=O)NC12CC3CC(CC(C3)C1)C2.